The molecule has 0 aromatic carbocycles. The van der Waals surface area contributed by atoms with Crippen LogP contribution in [-0.4, -0.2) is 49.7 Å². The first-order valence-electron chi connectivity index (χ1n) is 7.44. The Hall–Kier alpha value is -1.48. The largest absolute Gasteiger partial charge is 0.480 e. The van der Waals surface area contributed by atoms with Gasteiger partial charge in [-0.3, -0.25) is 4.79 Å². The number of halogens is 1. The number of nitrogens with one attached hydrogen (secondary N) is 2. The third-order valence-electron chi connectivity index (χ3n) is 3.31. The Morgan fingerprint density at radius 2 is 2.00 bits per heavy atom. The van der Waals surface area contributed by atoms with Crippen LogP contribution in [-0.2, 0) is 11.3 Å². The molecule has 0 aliphatic rings. The predicted molar refractivity (Wildman–Crippen MR) is 97.5 cm³/mol. The van der Waals surface area contributed by atoms with Gasteiger partial charge in [0.15, 0.2) is 5.82 Å². The molecule has 2 heterocycles. The van der Waals surface area contributed by atoms with Gasteiger partial charge >= 0.3 is 0 Å². The number of aryl methyl sites for hydroxylation is 1. The van der Waals surface area contributed by atoms with Crippen molar-refractivity contribution >= 4 is 39.9 Å². The molecule has 0 aliphatic heterocycles. The molecule has 7 nitrogen and oxygen atoms in total. The van der Waals surface area contributed by atoms with E-state index < -0.39 is 0 Å². The zero-order chi connectivity index (χ0) is 16.8. The molecule has 134 valence electrons. The summed E-state index contributed by atoms with van der Waals surface area (Å²) in [5.74, 6) is 0.915. The van der Waals surface area contributed by atoms with Crippen LogP contribution in [0.3, 0.4) is 0 Å². The third-order valence-corrected chi connectivity index (χ3v) is 4.50. The molecule has 2 N–H and O–H groups in total. The predicted octanol–water partition coefficient (Wildman–Crippen LogP) is 1.92. The van der Waals surface area contributed by atoms with Crippen molar-refractivity contribution in [2.24, 2.45) is 0 Å². The number of hydrogen-bond donors (Lipinski definition) is 2. The second-order valence-corrected chi connectivity index (χ2v) is 5.93. The number of hydrogen-bond acceptors (Lipinski definition) is 7. The fourth-order valence-electron chi connectivity index (χ4n) is 2.22. The number of rotatable bonds is 8. The van der Waals surface area contributed by atoms with Crippen molar-refractivity contribution in [2.75, 3.05) is 33.9 Å². The van der Waals surface area contributed by atoms with Crippen molar-refractivity contribution in [3.05, 3.63) is 16.3 Å². The monoisotopic (exact) mass is 374 g/mol. The van der Waals surface area contributed by atoms with Crippen molar-refractivity contribution in [3.8, 4) is 5.88 Å². The van der Waals surface area contributed by atoms with Crippen LogP contribution in [0, 0.1) is 6.92 Å². The molecule has 24 heavy (non-hydrogen) atoms. The average molecular weight is 375 g/mol. The summed E-state index contributed by atoms with van der Waals surface area (Å²) in [4.78, 5) is 22.5. The van der Waals surface area contributed by atoms with E-state index in [9.17, 15) is 4.79 Å². The minimum atomic E-state index is -0.0984. The number of likely N-dealkylation sites (N-methyl/N-ethyl adjacent to an activating group) is 1. The molecule has 1 amide bonds. The number of fused-ring (bicyclic) bond motifs is 1. The lowest BCUT2D eigenvalue weighted by Gasteiger charge is -2.05. The van der Waals surface area contributed by atoms with E-state index in [1.54, 1.807) is 14.2 Å². The van der Waals surface area contributed by atoms with Crippen LogP contribution in [0.1, 0.15) is 28.0 Å². The first kappa shape index (κ1) is 20.6. The van der Waals surface area contributed by atoms with Gasteiger partial charge in [0, 0.05) is 20.2 Å². The van der Waals surface area contributed by atoms with E-state index in [1.165, 1.54) is 11.3 Å². The smallest absolute Gasteiger partial charge is 0.261 e. The van der Waals surface area contributed by atoms with Gasteiger partial charge in [-0.25, -0.2) is 4.98 Å². The van der Waals surface area contributed by atoms with Gasteiger partial charge in [0.1, 0.15) is 11.4 Å². The Balaban J connectivity index is 0.00000288. The van der Waals surface area contributed by atoms with E-state index in [4.69, 9.17) is 9.47 Å². The summed E-state index contributed by atoms with van der Waals surface area (Å²) in [5, 5.41) is 6.86. The Morgan fingerprint density at radius 3 is 2.62 bits per heavy atom. The third kappa shape index (κ3) is 4.54. The number of aromatic nitrogens is 2. The van der Waals surface area contributed by atoms with Crippen molar-refractivity contribution in [3.63, 3.8) is 0 Å². The molecule has 0 atom stereocenters. The molecule has 0 aliphatic carbocycles. The summed E-state index contributed by atoms with van der Waals surface area (Å²) >= 11 is 1.35. The molecule has 2 aromatic heterocycles. The molecular weight excluding hydrogens is 352 g/mol. The van der Waals surface area contributed by atoms with Crippen molar-refractivity contribution < 1.29 is 14.3 Å². The van der Waals surface area contributed by atoms with Crippen LogP contribution in [0.15, 0.2) is 0 Å². The van der Waals surface area contributed by atoms with Crippen LogP contribution in [0.25, 0.3) is 10.2 Å². The van der Waals surface area contributed by atoms with Gasteiger partial charge in [-0.05, 0) is 19.0 Å². The maximum atomic E-state index is 12.4. The van der Waals surface area contributed by atoms with Crippen LogP contribution < -0.4 is 15.4 Å². The van der Waals surface area contributed by atoms with Gasteiger partial charge in [0.2, 0.25) is 5.88 Å². The zero-order valence-corrected chi connectivity index (χ0v) is 15.9. The van der Waals surface area contributed by atoms with Crippen LogP contribution >= 0.6 is 23.7 Å². The highest BCUT2D eigenvalue weighted by Crippen LogP contribution is 2.34. The Labute approximate surface area is 151 Å². The fraction of sp³-hybridized carbons (Fsp3) is 0.533. The average Bonchev–Trinajstić information content (AvgIpc) is 2.88. The molecule has 2 aromatic rings. The van der Waals surface area contributed by atoms with Gasteiger partial charge in [0.25, 0.3) is 5.91 Å². The molecular formula is C15H23ClN4O3S. The van der Waals surface area contributed by atoms with Crippen LogP contribution in [0.5, 0.6) is 5.88 Å². The maximum absolute atomic E-state index is 12.4. The Kier molecular flexibility index (Phi) is 8.34. The maximum Gasteiger partial charge on any atom is 0.261 e. The van der Waals surface area contributed by atoms with Gasteiger partial charge in [-0.1, -0.05) is 6.92 Å². The lowest BCUT2D eigenvalue weighted by molar-refractivity contribution is 0.0957. The standard InChI is InChI=1S/C15H22N4O3S.ClH/c1-5-16-6-7-17-13(20)12-9(2)11-14(22-4)18-10(8-21-3)19-15(11)23-12;/h16H,5-8H2,1-4H3,(H,17,20);1H. The normalized spacial score (nSPS) is 10.5. The number of ether oxygens (including phenoxy) is 2. The molecule has 9 heteroatoms. The molecule has 0 saturated heterocycles. The van der Waals surface area contributed by atoms with Crippen molar-refractivity contribution in [1.29, 1.82) is 0 Å². The topological polar surface area (TPSA) is 85.4 Å². The SMILES string of the molecule is CCNCCNC(=O)c1sc2nc(COC)nc(OC)c2c1C.Cl. The molecule has 0 bridgehead atoms. The van der Waals surface area contributed by atoms with E-state index in [0.29, 0.717) is 29.7 Å². The van der Waals surface area contributed by atoms with E-state index >= 15 is 0 Å². The van der Waals surface area contributed by atoms with Gasteiger partial charge in [-0.15, -0.1) is 23.7 Å². The molecule has 0 saturated carbocycles. The highest BCUT2D eigenvalue weighted by Gasteiger charge is 2.20. The van der Waals surface area contributed by atoms with Gasteiger partial charge in [-0.2, -0.15) is 4.98 Å². The summed E-state index contributed by atoms with van der Waals surface area (Å²) in [7, 11) is 3.15. The minimum absolute atomic E-state index is 0. The van der Waals surface area contributed by atoms with Crippen LogP contribution in [0.2, 0.25) is 0 Å². The summed E-state index contributed by atoms with van der Waals surface area (Å²) in [6.07, 6.45) is 0. The van der Waals surface area contributed by atoms with E-state index in [-0.39, 0.29) is 18.3 Å². The lowest BCUT2D eigenvalue weighted by Crippen LogP contribution is -2.31. The minimum Gasteiger partial charge on any atom is -0.480 e. The van der Waals surface area contributed by atoms with Crippen LogP contribution in [0.4, 0.5) is 0 Å². The van der Waals surface area contributed by atoms with E-state index in [0.717, 1.165) is 28.9 Å². The molecule has 0 unspecified atom stereocenters. The number of nitrogens with zero attached hydrogens (tertiary/aromatic N) is 2. The second kappa shape index (κ2) is 9.73. The highest BCUT2D eigenvalue weighted by molar-refractivity contribution is 7.20. The number of amides is 1. The Morgan fingerprint density at radius 1 is 1.25 bits per heavy atom. The number of carbonyl (C=O) groups excluding carboxylic acids is 1. The van der Waals surface area contributed by atoms with Gasteiger partial charge in [0.05, 0.1) is 17.4 Å². The van der Waals surface area contributed by atoms with E-state index in [2.05, 4.69) is 20.6 Å². The molecule has 0 fully saturated rings. The number of methoxy groups -OCH3 is 2. The number of thiophene rings is 1. The first-order chi connectivity index (χ1) is 11.1. The van der Waals surface area contributed by atoms with Crippen molar-refractivity contribution in [2.45, 2.75) is 20.5 Å². The fourth-order valence-corrected chi connectivity index (χ4v) is 3.33. The summed E-state index contributed by atoms with van der Waals surface area (Å²) in [6, 6.07) is 0. The summed E-state index contributed by atoms with van der Waals surface area (Å²) < 4.78 is 10.4. The number of carbonyl (C=O) groups is 1. The second-order valence-electron chi connectivity index (χ2n) is 4.93. The summed E-state index contributed by atoms with van der Waals surface area (Å²) in [5.41, 5.74) is 0.840. The lowest BCUT2D eigenvalue weighted by atomic mass is 10.2. The molecule has 2 rings (SSSR count). The zero-order valence-electron chi connectivity index (χ0n) is 14.3. The quantitative estimate of drug-likeness (QED) is 0.686. The summed E-state index contributed by atoms with van der Waals surface area (Å²) in [6.45, 7) is 6.42. The highest BCUT2D eigenvalue weighted by atomic mass is 35.5. The first-order valence-corrected chi connectivity index (χ1v) is 8.25. The van der Waals surface area contributed by atoms with Crippen molar-refractivity contribution in [1.82, 2.24) is 20.6 Å². The van der Waals surface area contributed by atoms with Gasteiger partial charge < -0.3 is 20.1 Å². The molecule has 0 spiro atoms. The van der Waals surface area contributed by atoms with E-state index in [1.807, 2.05) is 13.8 Å². The Bertz CT molecular complexity index is 693. The molecule has 0 radical (unpaired) electrons.